The van der Waals surface area contributed by atoms with Gasteiger partial charge in [-0.1, -0.05) is 44.8 Å². The fourth-order valence-electron chi connectivity index (χ4n) is 2.03. The van der Waals surface area contributed by atoms with E-state index in [0.717, 1.165) is 16.6 Å². The van der Waals surface area contributed by atoms with Crippen LogP contribution in [0.4, 0.5) is 3.89 Å². The molecule has 0 spiro atoms. The summed E-state index contributed by atoms with van der Waals surface area (Å²) in [4.78, 5) is 0. The molecule has 0 atom stereocenters. The Balaban J connectivity index is 0.000000537. The summed E-state index contributed by atoms with van der Waals surface area (Å²) in [7, 11) is -5.17. The molecule has 11 heteroatoms. The van der Waals surface area contributed by atoms with Gasteiger partial charge in [0.15, 0.2) is 0 Å². The van der Waals surface area contributed by atoms with E-state index in [1.54, 1.807) is 18.3 Å². The van der Waals surface area contributed by atoms with E-state index in [1.807, 2.05) is 59.4 Å². The van der Waals surface area contributed by atoms with Crippen LogP contribution in [0.25, 0.3) is 5.69 Å². The van der Waals surface area contributed by atoms with E-state index in [-0.39, 0.29) is 0 Å². The summed E-state index contributed by atoms with van der Waals surface area (Å²) in [5.74, 6) is 0. The van der Waals surface area contributed by atoms with Crippen LogP contribution in [0.5, 0.6) is 0 Å². The lowest BCUT2D eigenvalue weighted by Crippen LogP contribution is -2.03. The Bertz CT molecular complexity index is 1150. The maximum atomic E-state index is 10.2. The number of hydrogen-bond acceptors (Lipinski definition) is 4. The van der Waals surface area contributed by atoms with Crippen LogP contribution in [0.2, 0.25) is 15.1 Å². The maximum absolute atomic E-state index is 10.2. The molecule has 0 saturated heterocycles. The van der Waals surface area contributed by atoms with Crippen molar-refractivity contribution in [2.75, 3.05) is 0 Å². The standard InChI is InChI=1S/C18H12Cl3N3.FHO3S/c19-14-2-4-16(5-3-14)24-9-7-15(8-10-24)23-22-12-13-1-6-17(20)18(21)11-13;1-5(2,3)4/h1-12H;(H,2,3,4)/b22-12+;. The number of halogens is 4. The van der Waals surface area contributed by atoms with Gasteiger partial charge in [-0.05, 0) is 54.1 Å². The summed E-state index contributed by atoms with van der Waals surface area (Å²) in [6, 6.07) is 16.6. The van der Waals surface area contributed by atoms with Crippen molar-refractivity contribution in [2.24, 2.45) is 10.2 Å². The Labute approximate surface area is 181 Å². The normalized spacial score (nSPS) is 11.1. The predicted octanol–water partition coefficient (Wildman–Crippen LogP) is 5.13. The smallest absolute Gasteiger partial charge is 0.324 e. The van der Waals surface area contributed by atoms with E-state index in [9.17, 15) is 3.89 Å². The van der Waals surface area contributed by atoms with Crippen LogP contribution in [0, 0.1) is 0 Å². The molecule has 3 aromatic rings. The van der Waals surface area contributed by atoms with Crippen LogP contribution in [-0.2, 0) is 10.5 Å². The number of nitrogens with zero attached hydrogens (tertiary/aromatic N) is 3. The van der Waals surface area contributed by atoms with Gasteiger partial charge in [0.05, 0.1) is 21.6 Å². The number of hydrogen-bond donors (Lipinski definition) is 1. The van der Waals surface area contributed by atoms with Gasteiger partial charge in [0, 0.05) is 23.1 Å². The first-order valence-corrected chi connectivity index (χ1v) is 10.2. The number of pyridine rings is 1. The van der Waals surface area contributed by atoms with Crippen LogP contribution in [-0.4, -0.2) is 23.8 Å². The summed E-state index contributed by atoms with van der Waals surface area (Å²) >= 11 is 17.7. The molecule has 1 aromatic heterocycles. The molecule has 0 radical (unpaired) electrons. The van der Waals surface area contributed by atoms with Crippen molar-refractivity contribution in [3.8, 4) is 5.69 Å². The number of aromatic nitrogens is 1. The van der Waals surface area contributed by atoms with E-state index in [1.165, 1.54) is 0 Å². The molecule has 6 nitrogen and oxygen atoms in total. The largest absolute Gasteiger partial charge is 0.435 e. The molecular weight excluding hydrogens is 464 g/mol. The monoisotopic (exact) mass is 475 g/mol. The Morgan fingerprint density at radius 2 is 1.52 bits per heavy atom. The average molecular weight is 477 g/mol. The summed E-state index contributed by atoms with van der Waals surface area (Å²) in [5.41, 5.74) is 1.85. The zero-order valence-corrected chi connectivity index (χ0v) is 17.5. The maximum Gasteiger partial charge on any atom is 0.435 e. The van der Waals surface area contributed by atoms with E-state index < -0.39 is 10.5 Å². The van der Waals surface area contributed by atoms with E-state index >= 15 is 0 Å². The van der Waals surface area contributed by atoms with Crippen LogP contribution < -0.4 is 5.36 Å². The lowest BCUT2D eigenvalue weighted by Gasteiger charge is -2.05. The van der Waals surface area contributed by atoms with Gasteiger partial charge < -0.3 is 4.57 Å². The SMILES string of the molecule is Clc1ccc(-n2ccc(=N/N=C/c3ccc(Cl)c(Cl)c3)cc2)cc1.O=S(=O)(O)F. The minimum absolute atomic E-state index is 0.490. The van der Waals surface area contributed by atoms with E-state index in [4.69, 9.17) is 47.8 Å². The van der Waals surface area contributed by atoms with Crippen LogP contribution in [0.3, 0.4) is 0 Å². The lowest BCUT2D eigenvalue weighted by molar-refractivity contribution is 0.435. The zero-order valence-electron chi connectivity index (χ0n) is 14.5. The van der Waals surface area contributed by atoms with Crippen molar-refractivity contribution in [1.82, 2.24) is 4.57 Å². The van der Waals surface area contributed by atoms with Crippen LogP contribution in [0.15, 0.2) is 77.2 Å². The minimum atomic E-state index is -5.17. The summed E-state index contributed by atoms with van der Waals surface area (Å²) < 4.78 is 36.1. The third-order valence-corrected chi connectivity index (χ3v) is 4.25. The van der Waals surface area contributed by atoms with Gasteiger partial charge in [-0.2, -0.15) is 18.6 Å². The second-order valence-corrected chi connectivity index (χ2v) is 7.45. The highest BCUT2D eigenvalue weighted by Crippen LogP contribution is 2.21. The molecular formula is C18H13Cl3FN3O3S. The molecule has 1 heterocycles. The molecule has 29 heavy (non-hydrogen) atoms. The van der Waals surface area contributed by atoms with Gasteiger partial charge in [-0.25, -0.2) is 0 Å². The van der Waals surface area contributed by atoms with Crippen molar-refractivity contribution in [3.63, 3.8) is 0 Å². The Hall–Kier alpha value is -2.23. The lowest BCUT2D eigenvalue weighted by atomic mass is 10.2. The van der Waals surface area contributed by atoms with Crippen molar-refractivity contribution in [1.29, 1.82) is 0 Å². The molecule has 0 bridgehead atoms. The second kappa shape index (κ2) is 10.5. The first-order chi connectivity index (χ1) is 13.6. The zero-order chi connectivity index (χ0) is 21.4. The fourth-order valence-corrected chi connectivity index (χ4v) is 2.46. The highest BCUT2D eigenvalue weighted by atomic mass is 35.5. The summed E-state index contributed by atoms with van der Waals surface area (Å²) in [6.45, 7) is 0. The Morgan fingerprint density at radius 3 is 2.07 bits per heavy atom. The van der Waals surface area contributed by atoms with Crippen molar-refractivity contribution >= 4 is 51.5 Å². The fraction of sp³-hybridized carbons (Fsp3) is 0. The summed E-state index contributed by atoms with van der Waals surface area (Å²) in [5, 5.41) is 10.7. The summed E-state index contributed by atoms with van der Waals surface area (Å²) in [6.07, 6.45) is 5.45. The van der Waals surface area contributed by atoms with Crippen molar-refractivity contribution < 1.29 is 16.9 Å². The quantitative estimate of drug-likeness (QED) is 0.246. The van der Waals surface area contributed by atoms with Gasteiger partial charge in [-0.15, -0.1) is 0 Å². The molecule has 0 amide bonds. The average Bonchev–Trinajstić information content (AvgIpc) is 2.65. The molecule has 0 aliphatic heterocycles. The molecule has 0 aliphatic carbocycles. The van der Waals surface area contributed by atoms with Gasteiger partial charge in [0.2, 0.25) is 0 Å². The van der Waals surface area contributed by atoms with E-state index in [0.29, 0.717) is 15.1 Å². The van der Waals surface area contributed by atoms with Crippen LogP contribution in [0.1, 0.15) is 5.56 Å². The molecule has 0 unspecified atom stereocenters. The number of rotatable bonds is 3. The van der Waals surface area contributed by atoms with Gasteiger partial charge in [-0.3, -0.25) is 4.55 Å². The Kier molecular flexibility index (Phi) is 8.36. The molecule has 2 aromatic carbocycles. The van der Waals surface area contributed by atoms with Gasteiger partial charge in [0.25, 0.3) is 0 Å². The molecule has 1 N–H and O–H groups in total. The second-order valence-electron chi connectivity index (χ2n) is 5.37. The van der Waals surface area contributed by atoms with E-state index in [2.05, 4.69) is 10.2 Å². The molecule has 3 rings (SSSR count). The van der Waals surface area contributed by atoms with Gasteiger partial charge >= 0.3 is 10.5 Å². The third kappa shape index (κ3) is 8.76. The Morgan fingerprint density at radius 1 is 0.931 bits per heavy atom. The van der Waals surface area contributed by atoms with Crippen molar-refractivity contribution in [2.45, 2.75) is 0 Å². The molecule has 0 fully saturated rings. The van der Waals surface area contributed by atoms with Crippen LogP contribution >= 0.6 is 34.8 Å². The van der Waals surface area contributed by atoms with Crippen molar-refractivity contribution in [3.05, 3.63) is 93.0 Å². The topological polar surface area (TPSA) is 84.0 Å². The number of benzene rings is 2. The predicted molar refractivity (Wildman–Crippen MR) is 113 cm³/mol. The molecule has 0 saturated carbocycles. The minimum Gasteiger partial charge on any atom is -0.324 e. The molecule has 0 aliphatic rings. The third-order valence-electron chi connectivity index (χ3n) is 3.26. The highest BCUT2D eigenvalue weighted by molar-refractivity contribution is 7.80. The molecule has 152 valence electrons. The first-order valence-electron chi connectivity index (χ1n) is 7.75. The van der Waals surface area contributed by atoms with Gasteiger partial charge in [0.1, 0.15) is 0 Å². The highest BCUT2D eigenvalue weighted by Gasteiger charge is 1.97. The first kappa shape index (κ1) is 23.1.